The van der Waals surface area contributed by atoms with Gasteiger partial charge in [0, 0.05) is 19.5 Å². The van der Waals surface area contributed by atoms with Crippen molar-refractivity contribution < 1.29 is 9.21 Å². The monoisotopic (exact) mass is 269 g/mol. The van der Waals surface area contributed by atoms with Crippen molar-refractivity contribution >= 4 is 17.0 Å². The Hall–Kier alpha value is -2.35. The highest BCUT2D eigenvalue weighted by molar-refractivity contribution is 5.77. The number of carbonyl (C=O) groups is 1. The lowest BCUT2D eigenvalue weighted by molar-refractivity contribution is -0.134. The molecule has 1 aliphatic heterocycles. The van der Waals surface area contributed by atoms with Crippen LogP contribution in [0.4, 0.5) is 0 Å². The lowest BCUT2D eigenvalue weighted by Gasteiger charge is -2.29. The molecule has 1 unspecified atom stereocenters. The van der Waals surface area contributed by atoms with E-state index >= 15 is 0 Å². The number of hydrogen-bond donors (Lipinski definition) is 0. The third-order valence-corrected chi connectivity index (χ3v) is 3.77. The van der Waals surface area contributed by atoms with E-state index in [2.05, 4.69) is 11.1 Å². The minimum Gasteiger partial charge on any atom is -0.443 e. The van der Waals surface area contributed by atoms with E-state index in [1.807, 2.05) is 23.1 Å². The second-order valence-electron chi connectivity index (χ2n) is 5.10. The van der Waals surface area contributed by atoms with Gasteiger partial charge < -0.3 is 9.32 Å². The van der Waals surface area contributed by atoms with Crippen molar-refractivity contribution in [3.05, 3.63) is 30.2 Å². The van der Waals surface area contributed by atoms with Gasteiger partial charge in [-0.3, -0.25) is 4.79 Å². The summed E-state index contributed by atoms with van der Waals surface area (Å²) in [4.78, 5) is 17.8. The van der Waals surface area contributed by atoms with Crippen molar-refractivity contribution in [3.63, 3.8) is 0 Å². The number of benzene rings is 1. The Morgan fingerprint density at radius 3 is 3.20 bits per heavy atom. The zero-order valence-corrected chi connectivity index (χ0v) is 11.1. The SMILES string of the molecule is N#CC1CCN(CCc2ccc3ncoc3c2)C(=O)C1. The van der Waals surface area contributed by atoms with Gasteiger partial charge in [0.2, 0.25) is 5.91 Å². The van der Waals surface area contributed by atoms with Crippen LogP contribution in [0.3, 0.4) is 0 Å². The molecule has 20 heavy (non-hydrogen) atoms. The van der Waals surface area contributed by atoms with Crippen LogP contribution in [-0.4, -0.2) is 28.9 Å². The summed E-state index contributed by atoms with van der Waals surface area (Å²) in [7, 11) is 0. The summed E-state index contributed by atoms with van der Waals surface area (Å²) in [6.07, 6.45) is 3.37. The number of likely N-dealkylation sites (tertiary alicyclic amines) is 1. The van der Waals surface area contributed by atoms with E-state index in [9.17, 15) is 4.79 Å². The summed E-state index contributed by atoms with van der Waals surface area (Å²) in [5, 5.41) is 8.85. The van der Waals surface area contributed by atoms with Gasteiger partial charge in [-0.05, 0) is 30.5 Å². The molecular formula is C15H15N3O2. The number of piperidine rings is 1. The van der Waals surface area contributed by atoms with Crippen molar-refractivity contribution in [2.75, 3.05) is 13.1 Å². The molecule has 1 aliphatic rings. The van der Waals surface area contributed by atoms with Crippen LogP contribution in [0.5, 0.6) is 0 Å². The van der Waals surface area contributed by atoms with E-state index < -0.39 is 0 Å². The van der Waals surface area contributed by atoms with Gasteiger partial charge >= 0.3 is 0 Å². The molecule has 3 rings (SSSR count). The zero-order valence-electron chi connectivity index (χ0n) is 11.1. The second-order valence-corrected chi connectivity index (χ2v) is 5.10. The molecule has 1 aromatic carbocycles. The van der Waals surface area contributed by atoms with Crippen molar-refractivity contribution in [2.45, 2.75) is 19.3 Å². The van der Waals surface area contributed by atoms with Crippen LogP contribution in [0, 0.1) is 17.2 Å². The summed E-state index contributed by atoms with van der Waals surface area (Å²) < 4.78 is 5.27. The standard InChI is InChI=1S/C15H15N3O2/c16-9-12-4-6-18(15(19)8-12)5-3-11-1-2-13-14(7-11)20-10-17-13/h1-2,7,10,12H,3-6,8H2. The highest BCUT2D eigenvalue weighted by Crippen LogP contribution is 2.19. The lowest BCUT2D eigenvalue weighted by atomic mass is 9.97. The summed E-state index contributed by atoms with van der Waals surface area (Å²) in [6, 6.07) is 8.09. The van der Waals surface area contributed by atoms with Gasteiger partial charge in [0.05, 0.1) is 12.0 Å². The second kappa shape index (κ2) is 5.33. The molecule has 1 aromatic heterocycles. The van der Waals surface area contributed by atoms with Crippen molar-refractivity contribution in [2.24, 2.45) is 5.92 Å². The highest BCUT2D eigenvalue weighted by atomic mass is 16.3. The third-order valence-electron chi connectivity index (χ3n) is 3.77. The van der Waals surface area contributed by atoms with Crippen molar-refractivity contribution in [1.82, 2.24) is 9.88 Å². The molecule has 0 saturated carbocycles. The third kappa shape index (κ3) is 2.50. The first kappa shape index (κ1) is 12.7. The van der Waals surface area contributed by atoms with Crippen molar-refractivity contribution in [1.29, 1.82) is 5.26 Å². The van der Waals surface area contributed by atoms with E-state index in [-0.39, 0.29) is 11.8 Å². The molecule has 0 N–H and O–H groups in total. The zero-order chi connectivity index (χ0) is 13.9. The van der Waals surface area contributed by atoms with Crippen LogP contribution in [0.1, 0.15) is 18.4 Å². The minimum absolute atomic E-state index is 0.0866. The molecule has 1 fully saturated rings. The number of nitriles is 1. The molecule has 102 valence electrons. The first-order valence-electron chi connectivity index (χ1n) is 6.76. The smallest absolute Gasteiger partial charge is 0.223 e. The molecule has 1 saturated heterocycles. The van der Waals surface area contributed by atoms with Crippen molar-refractivity contribution in [3.8, 4) is 6.07 Å². The molecule has 0 spiro atoms. The molecule has 1 amide bonds. The Balaban J connectivity index is 1.62. The number of hydrogen-bond acceptors (Lipinski definition) is 4. The fourth-order valence-corrected chi connectivity index (χ4v) is 2.54. The summed E-state index contributed by atoms with van der Waals surface area (Å²) in [5.74, 6) is -0.0205. The Labute approximate surface area is 116 Å². The largest absolute Gasteiger partial charge is 0.443 e. The number of aromatic nitrogens is 1. The van der Waals surface area contributed by atoms with E-state index in [1.165, 1.54) is 6.39 Å². The fraction of sp³-hybridized carbons (Fsp3) is 0.400. The van der Waals surface area contributed by atoms with Crippen LogP contribution in [0.15, 0.2) is 29.0 Å². The maximum atomic E-state index is 11.9. The number of carbonyl (C=O) groups excluding carboxylic acids is 1. The van der Waals surface area contributed by atoms with Gasteiger partial charge in [-0.15, -0.1) is 0 Å². The van der Waals surface area contributed by atoms with Crippen LogP contribution in [0.2, 0.25) is 0 Å². The summed E-state index contributed by atoms with van der Waals surface area (Å²) in [6.45, 7) is 1.37. The topological polar surface area (TPSA) is 70.1 Å². The van der Waals surface area contributed by atoms with Crippen LogP contribution < -0.4 is 0 Å². The first-order chi connectivity index (χ1) is 9.76. The van der Waals surface area contributed by atoms with Crippen LogP contribution in [-0.2, 0) is 11.2 Å². The Morgan fingerprint density at radius 2 is 2.40 bits per heavy atom. The average molecular weight is 269 g/mol. The molecule has 0 radical (unpaired) electrons. The average Bonchev–Trinajstić information content (AvgIpc) is 2.93. The minimum atomic E-state index is -0.107. The molecule has 0 bridgehead atoms. The molecule has 1 atom stereocenters. The first-order valence-corrected chi connectivity index (χ1v) is 6.76. The van der Waals surface area contributed by atoms with E-state index in [0.29, 0.717) is 19.5 Å². The van der Waals surface area contributed by atoms with Gasteiger partial charge in [0.15, 0.2) is 12.0 Å². The molecule has 2 aromatic rings. The maximum absolute atomic E-state index is 11.9. The Morgan fingerprint density at radius 1 is 1.50 bits per heavy atom. The highest BCUT2D eigenvalue weighted by Gasteiger charge is 2.25. The fourth-order valence-electron chi connectivity index (χ4n) is 2.54. The van der Waals surface area contributed by atoms with Gasteiger partial charge in [-0.25, -0.2) is 4.98 Å². The van der Waals surface area contributed by atoms with E-state index in [0.717, 1.165) is 29.5 Å². The maximum Gasteiger partial charge on any atom is 0.223 e. The molecule has 5 heteroatoms. The number of fused-ring (bicyclic) bond motifs is 1. The van der Waals surface area contributed by atoms with E-state index in [4.69, 9.17) is 9.68 Å². The van der Waals surface area contributed by atoms with E-state index in [1.54, 1.807) is 0 Å². The van der Waals surface area contributed by atoms with Gasteiger partial charge in [0.1, 0.15) is 5.52 Å². The molecule has 5 nitrogen and oxygen atoms in total. The molecule has 0 aliphatic carbocycles. The lowest BCUT2D eigenvalue weighted by Crippen LogP contribution is -2.39. The number of nitrogens with zero attached hydrogens (tertiary/aromatic N) is 3. The van der Waals surface area contributed by atoms with Crippen LogP contribution in [0.25, 0.3) is 11.1 Å². The van der Waals surface area contributed by atoms with Gasteiger partial charge in [0.25, 0.3) is 0 Å². The normalized spacial score (nSPS) is 19.2. The molecular weight excluding hydrogens is 254 g/mol. The number of rotatable bonds is 3. The quantitative estimate of drug-likeness (QED) is 0.855. The summed E-state index contributed by atoms with van der Waals surface area (Å²) >= 11 is 0. The predicted octanol–water partition coefficient (Wildman–Crippen LogP) is 2.13. The van der Waals surface area contributed by atoms with Gasteiger partial charge in [-0.1, -0.05) is 6.07 Å². The van der Waals surface area contributed by atoms with Gasteiger partial charge in [-0.2, -0.15) is 5.26 Å². The Kier molecular flexibility index (Phi) is 3.38. The van der Waals surface area contributed by atoms with Crippen LogP contribution >= 0.6 is 0 Å². The Bertz CT molecular complexity index is 671. The number of amides is 1. The summed E-state index contributed by atoms with van der Waals surface area (Å²) in [5.41, 5.74) is 2.75. The number of oxazole rings is 1. The predicted molar refractivity (Wildman–Crippen MR) is 72.6 cm³/mol. The molecule has 2 heterocycles.